The molecule has 6 heteroatoms. The van der Waals surface area contributed by atoms with Crippen molar-refractivity contribution in [2.24, 2.45) is 0 Å². The molecular weight excluding hydrogens is 340 g/mol. The van der Waals surface area contributed by atoms with E-state index >= 15 is 0 Å². The third-order valence-electron chi connectivity index (χ3n) is 2.75. The molecule has 0 amide bonds. The van der Waals surface area contributed by atoms with Gasteiger partial charge in [0.1, 0.15) is 5.82 Å². The van der Waals surface area contributed by atoms with E-state index < -0.39 is 0 Å². The number of hydrogen-bond donors (Lipinski definition) is 2. The molecule has 0 atom stereocenters. The molecule has 0 bridgehead atoms. The van der Waals surface area contributed by atoms with Gasteiger partial charge in [0, 0.05) is 9.37 Å². The fraction of sp³-hybridized carbons (Fsp3) is 0.286. The van der Waals surface area contributed by atoms with Gasteiger partial charge in [0.15, 0.2) is 0 Å². The first-order chi connectivity index (χ1) is 9.47. The SMILES string of the molecule is CC(C)c1c(O)nc(CSc2ccc(Br)cc2)[nH]c1=O. The van der Waals surface area contributed by atoms with E-state index in [4.69, 9.17) is 0 Å². The van der Waals surface area contributed by atoms with Crippen LogP contribution in [0.4, 0.5) is 0 Å². The minimum Gasteiger partial charge on any atom is -0.493 e. The number of nitrogens with zero attached hydrogens (tertiary/aromatic N) is 1. The van der Waals surface area contributed by atoms with Crippen LogP contribution >= 0.6 is 27.7 Å². The number of aromatic amines is 1. The number of halogens is 1. The summed E-state index contributed by atoms with van der Waals surface area (Å²) in [5.74, 6) is 0.752. The number of hydrogen-bond acceptors (Lipinski definition) is 4. The summed E-state index contributed by atoms with van der Waals surface area (Å²) in [5.41, 5.74) is 0.0706. The van der Waals surface area contributed by atoms with Gasteiger partial charge in [0.05, 0.1) is 11.3 Å². The van der Waals surface area contributed by atoms with E-state index in [1.54, 1.807) is 11.8 Å². The molecule has 0 aliphatic carbocycles. The van der Waals surface area contributed by atoms with Crippen molar-refractivity contribution in [1.82, 2.24) is 9.97 Å². The summed E-state index contributed by atoms with van der Waals surface area (Å²) in [5, 5.41) is 9.83. The lowest BCUT2D eigenvalue weighted by Gasteiger charge is -2.08. The molecule has 0 aliphatic rings. The number of rotatable bonds is 4. The Labute approximate surface area is 129 Å². The predicted octanol–water partition coefficient (Wildman–Crippen LogP) is 3.65. The highest BCUT2D eigenvalue weighted by atomic mass is 79.9. The molecule has 0 aliphatic heterocycles. The summed E-state index contributed by atoms with van der Waals surface area (Å²) in [7, 11) is 0. The fourth-order valence-electron chi connectivity index (χ4n) is 1.79. The standard InChI is InChI=1S/C14H15BrN2O2S/c1-8(2)12-13(18)16-11(17-14(12)19)7-20-10-5-3-9(15)4-6-10/h3-6,8H,7H2,1-2H3,(H2,16,17,18,19). The minimum absolute atomic E-state index is 0.0561. The number of thioether (sulfide) groups is 1. The second kappa shape index (κ2) is 6.45. The third kappa shape index (κ3) is 3.64. The lowest BCUT2D eigenvalue weighted by molar-refractivity contribution is 0.437. The maximum absolute atomic E-state index is 11.9. The van der Waals surface area contributed by atoms with Gasteiger partial charge in [0.2, 0.25) is 5.88 Å². The Morgan fingerprint density at radius 3 is 2.55 bits per heavy atom. The van der Waals surface area contributed by atoms with E-state index in [0.29, 0.717) is 17.1 Å². The summed E-state index contributed by atoms with van der Waals surface area (Å²) in [4.78, 5) is 19.7. The van der Waals surface area contributed by atoms with Crippen LogP contribution in [0.15, 0.2) is 38.4 Å². The Kier molecular flexibility index (Phi) is 4.88. The fourth-order valence-corrected chi connectivity index (χ4v) is 2.82. The summed E-state index contributed by atoms with van der Waals surface area (Å²) in [6.45, 7) is 3.70. The number of H-pyrrole nitrogens is 1. The average Bonchev–Trinajstić information content (AvgIpc) is 2.37. The van der Waals surface area contributed by atoms with E-state index in [9.17, 15) is 9.90 Å². The summed E-state index contributed by atoms with van der Waals surface area (Å²) < 4.78 is 1.02. The van der Waals surface area contributed by atoms with Crippen LogP contribution in [0.5, 0.6) is 5.88 Å². The van der Waals surface area contributed by atoms with Gasteiger partial charge in [-0.2, -0.15) is 4.98 Å². The molecule has 106 valence electrons. The molecule has 2 aromatic rings. The predicted molar refractivity (Wildman–Crippen MR) is 84.3 cm³/mol. The molecule has 1 heterocycles. The second-order valence-corrected chi connectivity index (χ2v) is 6.61. The number of benzene rings is 1. The van der Waals surface area contributed by atoms with Crippen LogP contribution < -0.4 is 5.56 Å². The van der Waals surface area contributed by atoms with Crippen molar-refractivity contribution in [3.8, 4) is 5.88 Å². The van der Waals surface area contributed by atoms with Crippen LogP contribution in [0.2, 0.25) is 0 Å². The Bertz CT molecular complexity index is 653. The van der Waals surface area contributed by atoms with E-state index in [2.05, 4.69) is 25.9 Å². The van der Waals surface area contributed by atoms with Crippen molar-refractivity contribution in [2.75, 3.05) is 0 Å². The van der Waals surface area contributed by atoms with Crippen LogP contribution in [0.25, 0.3) is 0 Å². The van der Waals surface area contributed by atoms with Gasteiger partial charge in [-0.05, 0) is 30.2 Å². The first-order valence-corrected chi connectivity index (χ1v) is 7.95. The molecule has 2 rings (SSSR count). The van der Waals surface area contributed by atoms with Crippen LogP contribution in [0.1, 0.15) is 31.2 Å². The van der Waals surface area contributed by atoms with Crippen molar-refractivity contribution in [3.05, 3.63) is 50.5 Å². The summed E-state index contributed by atoms with van der Waals surface area (Å²) in [6.07, 6.45) is 0. The van der Waals surface area contributed by atoms with Gasteiger partial charge in [-0.25, -0.2) is 0 Å². The molecule has 0 saturated carbocycles. The molecule has 0 unspecified atom stereocenters. The Balaban J connectivity index is 2.15. The Morgan fingerprint density at radius 2 is 2.00 bits per heavy atom. The van der Waals surface area contributed by atoms with E-state index in [1.807, 2.05) is 38.1 Å². The molecule has 0 fully saturated rings. The van der Waals surface area contributed by atoms with Gasteiger partial charge < -0.3 is 10.1 Å². The topological polar surface area (TPSA) is 66.0 Å². The third-order valence-corrected chi connectivity index (χ3v) is 4.30. The van der Waals surface area contributed by atoms with Crippen LogP contribution in [-0.2, 0) is 5.75 Å². The number of nitrogens with one attached hydrogen (secondary N) is 1. The molecule has 1 aromatic carbocycles. The second-order valence-electron chi connectivity index (χ2n) is 4.65. The molecule has 4 nitrogen and oxygen atoms in total. The van der Waals surface area contributed by atoms with E-state index in [-0.39, 0.29) is 17.4 Å². The maximum Gasteiger partial charge on any atom is 0.258 e. The maximum atomic E-state index is 11.9. The molecule has 0 spiro atoms. The van der Waals surface area contributed by atoms with Gasteiger partial charge in [-0.1, -0.05) is 29.8 Å². The quantitative estimate of drug-likeness (QED) is 0.822. The highest BCUT2D eigenvalue weighted by Gasteiger charge is 2.14. The first-order valence-electron chi connectivity index (χ1n) is 6.18. The van der Waals surface area contributed by atoms with Crippen molar-refractivity contribution in [3.63, 3.8) is 0 Å². The first kappa shape index (κ1) is 15.1. The van der Waals surface area contributed by atoms with Gasteiger partial charge >= 0.3 is 0 Å². The van der Waals surface area contributed by atoms with Gasteiger partial charge in [0.25, 0.3) is 5.56 Å². The molecule has 0 saturated heterocycles. The highest BCUT2D eigenvalue weighted by molar-refractivity contribution is 9.10. The zero-order chi connectivity index (χ0) is 14.7. The molecule has 0 radical (unpaired) electrons. The number of aromatic hydroxyl groups is 1. The monoisotopic (exact) mass is 354 g/mol. The largest absolute Gasteiger partial charge is 0.493 e. The lowest BCUT2D eigenvalue weighted by Crippen LogP contribution is -2.17. The molecular formula is C14H15BrN2O2S. The average molecular weight is 355 g/mol. The normalized spacial score (nSPS) is 11.0. The zero-order valence-electron chi connectivity index (χ0n) is 11.2. The smallest absolute Gasteiger partial charge is 0.258 e. The lowest BCUT2D eigenvalue weighted by atomic mass is 10.1. The Morgan fingerprint density at radius 1 is 1.35 bits per heavy atom. The Hall–Kier alpha value is -1.27. The van der Waals surface area contributed by atoms with Gasteiger partial charge in [-0.15, -0.1) is 11.8 Å². The van der Waals surface area contributed by atoms with Crippen LogP contribution in [0, 0.1) is 0 Å². The summed E-state index contributed by atoms with van der Waals surface area (Å²) >= 11 is 4.93. The number of aromatic nitrogens is 2. The van der Waals surface area contributed by atoms with Gasteiger partial charge in [-0.3, -0.25) is 4.79 Å². The molecule has 2 N–H and O–H groups in total. The minimum atomic E-state index is -0.265. The van der Waals surface area contributed by atoms with E-state index in [1.165, 1.54) is 0 Å². The van der Waals surface area contributed by atoms with Crippen molar-refractivity contribution in [1.29, 1.82) is 0 Å². The highest BCUT2D eigenvalue weighted by Crippen LogP contribution is 2.24. The van der Waals surface area contributed by atoms with Crippen molar-refractivity contribution < 1.29 is 5.11 Å². The molecule has 20 heavy (non-hydrogen) atoms. The van der Waals surface area contributed by atoms with Crippen LogP contribution in [0.3, 0.4) is 0 Å². The van der Waals surface area contributed by atoms with Crippen molar-refractivity contribution >= 4 is 27.7 Å². The summed E-state index contributed by atoms with van der Waals surface area (Å²) in [6, 6.07) is 7.88. The zero-order valence-corrected chi connectivity index (χ0v) is 13.6. The van der Waals surface area contributed by atoms with Crippen molar-refractivity contribution in [2.45, 2.75) is 30.4 Å². The van der Waals surface area contributed by atoms with Crippen LogP contribution in [-0.4, -0.2) is 15.1 Å². The van der Waals surface area contributed by atoms with E-state index in [0.717, 1.165) is 9.37 Å². The molecule has 1 aromatic heterocycles.